The lowest BCUT2D eigenvalue weighted by atomic mass is 9.48. The van der Waals surface area contributed by atoms with Crippen LogP contribution in [0.15, 0.2) is 47.5 Å². The molecule has 4 aliphatic rings. The van der Waals surface area contributed by atoms with E-state index >= 15 is 0 Å². The first-order valence-corrected chi connectivity index (χ1v) is 14.5. The topological polar surface area (TPSA) is 41.8 Å². The maximum atomic E-state index is 11.7. The highest BCUT2D eigenvalue weighted by molar-refractivity contribution is 5.90. The Morgan fingerprint density at radius 1 is 0.842 bits per heavy atom. The van der Waals surface area contributed by atoms with E-state index in [1.54, 1.807) is 0 Å². The molecule has 4 bridgehead atoms. The molecule has 4 saturated carbocycles. The second kappa shape index (κ2) is 9.59. The summed E-state index contributed by atoms with van der Waals surface area (Å²) < 4.78 is 6.11. The number of phenolic OH excluding ortho intramolecular Hbond substituents is 1. The molecule has 0 saturated heterocycles. The highest BCUT2D eigenvalue weighted by Gasteiger charge is 2.52. The molecule has 1 N–H and O–H groups in total. The maximum Gasteiger partial charge on any atom is 0.130 e. The summed E-state index contributed by atoms with van der Waals surface area (Å²) in [5, 5.41) is 11.7. The van der Waals surface area contributed by atoms with Crippen molar-refractivity contribution < 1.29 is 9.84 Å². The van der Waals surface area contributed by atoms with Gasteiger partial charge in [-0.2, -0.15) is 0 Å². The molecule has 198 valence electrons. The van der Waals surface area contributed by atoms with E-state index in [4.69, 9.17) is 9.73 Å². The summed E-state index contributed by atoms with van der Waals surface area (Å²) in [6.07, 6.45) is 9.80. The van der Waals surface area contributed by atoms with Gasteiger partial charge >= 0.3 is 0 Å². The summed E-state index contributed by atoms with van der Waals surface area (Å²) in [7, 11) is 0. The van der Waals surface area contributed by atoms with Crippen molar-refractivity contribution in [1.29, 1.82) is 0 Å². The van der Waals surface area contributed by atoms with Crippen LogP contribution in [-0.2, 0) is 5.41 Å². The molecule has 3 heteroatoms. The standard InChI is InChI=1S/C35H41NO2/c1-6-38-34-24(5)9-22(3)12-30(34)29-11-21(2)7-8-32(29)36-20-28-10-23(4)13-31(33(28)37)35-17-25-14-26(18-35)16-27(15-25)19-35/h7-13,20,25-27,37H,6,14-19H2,1-5H3. The highest BCUT2D eigenvalue weighted by Crippen LogP contribution is 2.62. The molecular formula is C35H41NO2. The van der Waals surface area contributed by atoms with Crippen LogP contribution in [0.5, 0.6) is 11.5 Å². The summed E-state index contributed by atoms with van der Waals surface area (Å²) >= 11 is 0. The molecule has 0 aromatic heterocycles. The van der Waals surface area contributed by atoms with Crippen molar-refractivity contribution in [2.75, 3.05) is 6.61 Å². The average molecular weight is 508 g/mol. The first-order chi connectivity index (χ1) is 18.2. The molecule has 0 atom stereocenters. The largest absolute Gasteiger partial charge is 0.507 e. The predicted molar refractivity (Wildman–Crippen MR) is 157 cm³/mol. The van der Waals surface area contributed by atoms with Crippen LogP contribution in [0.4, 0.5) is 5.69 Å². The monoisotopic (exact) mass is 507 g/mol. The number of phenols is 1. The van der Waals surface area contributed by atoms with Crippen molar-refractivity contribution in [3.63, 3.8) is 0 Å². The lowest BCUT2D eigenvalue weighted by Crippen LogP contribution is -2.48. The van der Waals surface area contributed by atoms with Gasteiger partial charge in [0.25, 0.3) is 0 Å². The van der Waals surface area contributed by atoms with Crippen molar-refractivity contribution in [3.8, 4) is 22.6 Å². The van der Waals surface area contributed by atoms with Gasteiger partial charge in [0.1, 0.15) is 11.5 Å². The van der Waals surface area contributed by atoms with Gasteiger partial charge in [-0.05, 0) is 137 Å². The third-order valence-corrected chi connectivity index (χ3v) is 9.39. The fourth-order valence-electron chi connectivity index (χ4n) is 8.36. The number of aromatic hydroxyl groups is 1. The van der Waals surface area contributed by atoms with E-state index < -0.39 is 0 Å². The van der Waals surface area contributed by atoms with E-state index in [9.17, 15) is 5.11 Å². The molecule has 0 unspecified atom stereocenters. The average Bonchev–Trinajstić information content (AvgIpc) is 2.85. The van der Waals surface area contributed by atoms with Crippen molar-refractivity contribution in [1.82, 2.24) is 0 Å². The number of rotatable bonds is 6. The van der Waals surface area contributed by atoms with Crippen LogP contribution < -0.4 is 4.74 Å². The molecule has 0 heterocycles. The molecular weight excluding hydrogens is 466 g/mol. The van der Waals surface area contributed by atoms with Crippen LogP contribution in [0.1, 0.15) is 78.8 Å². The Morgan fingerprint density at radius 3 is 2.13 bits per heavy atom. The second-order valence-corrected chi connectivity index (χ2v) is 12.6. The number of nitrogens with zero attached hydrogens (tertiary/aromatic N) is 1. The number of aryl methyl sites for hydroxylation is 4. The number of benzene rings is 3. The van der Waals surface area contributed by atoms with Gasteiger partial charge in [-0.25, -0.2) is 0 Å². The first-order valence-electron chi connectivity index (χ1n) is 14.5. The highest BCUT2D eigenvalue weighted by atomic mass is 16.5. The molecule has 0 radical (unpaired) electrons. The van der Waals surface area contributed by atoms with Crippen molar-refractivity contribution in [2.24, 2.45) is 22.7 Å². The SMILES string of the molecule is CCOc1c(C)cc(C)cc1-c1cc(C)ccc1N=Cc1cc(C)cc(C23CC4CC(CC(C4)C2)C3)c1O. The quantitative estimate of drug-likeness (QED) is 0.338. The molecule has 3 aromatic carbocycles. The number of aliphatic imine (C=N–C) groups is 1. The number of hydrogen-bond acceptors (Lipinski definition) is 3. The summed E-state index contributed by atoms with van der Waals surface area (Å²) in [6.45, 7) is 11.1. The minimum absolute atomic E-state index is 0.147. The molecule has 38 heavy (non-hydrogen) atoms. The zero-order valence-electron chi connectivity index (χ0n) is 23.6. The van der Waals surface area contributed by atoms with Gasteiger partial charge in [-0.3, -0.25) is 4.99 Å². The zero-order valence-corrected chi connectivity index (χ0v) is 23.6. The molecule has 3 aromatic rings. The van der Waals surface area contributed by atoms with E-state index in [0.717, 1.165) is 51.4 Å². The second-order valence-electron chi connectivity index (χ2n) is 12.6. The van der Waals surface area contributed by atoms with Gasteiger partial charge in [-0.15, -0.1) is 0 Å². The number of ether oxygens (including phenoxy) is 1. The summed E-state index contributed by atoms with van der Waals surface area (Å²) in [5.41, 5.74) is 9.89. The Morgan fingerprint density at radius 2 is 1.47 bits per heavy atom. The lowest BCUT2D eigenvalue weighted by Gasteiger charge is -2.57. The van der Waals surface area contributed by atoms with Gasteiger partial charge in [-0.1, -0.05) is 23.8 Å². The normalized spacial score (nSPS) is 25.9. The van der Waals surface area contributed by atoms with E-state index in [1.165, 1.54) is 60.8 Å². The summed E-state index contributed by atoms with van der Waals surface area (Å²) in [4.78, 5) is 5.00. The molecule has 3 nitrogen and oxygen atoms in total. The van der Waals surface area contributed by atoms with Crippen LogP contribution in [-0.4, -0.2) is 17.9 Å². The zero-order chi connectivity index (χ0) is 26.6. The van der Waals surface area contributed by atoms with E-state index in [-0.39, 0.29) is 5.41 Å². The minimum Gasteiger partial charge on any atom is -0.507 e. The van der Waals surface area contributed by atoms with Gasteiger partial charge in [0.2, 0.25) is 0 Å². The Labute approximate surface area is 228 Å². The van der Waals surface area contributed by atoms with Crippen molar-refractivity contribution in [3.05, 3.63) is 75.8 Å². The molecule has 4 fully saturated rings. The lowest BCUT2D eigenvalue weighted by molar-refractivity contribution is -0.00616. The van der Waals surface area contributed by atoms with E-state index in [0.29, 0.717) is 12.4 Å². The summed E-state index contributed by atoms with van der Waals surface area (Å²) in [5.74, 6) is 3.88. The third-order valence-electron chi connectivity index (χ3n) is 9.39. The molecule has 0 aliphatic heterocycles. The molecule has 4 aliphatic carbocycles. The number of hydrogen-bond donors (Lipinski definition) is 1. The van der Waals surface area contributed by atoms with Crippen LogP contribution >= 0.6 is 0 Å². The van der Waals surface area contributed by atoms with Gasteiger partial charge in [0.15, 0.2) is 0 Å². The van der Waals surface area contributed by atoms with E-state index in [2.05, 4.69) is 70.2 Å². The smallest absolute Gasteiger partial charge is 0.130 e. The maximum absolute atomic E-state index is 11.7. The summed E-state index contributed by atoms with van der Waals surface area (Å²) in [6, 6.07) is 15.1. The fourth-order valence-corrected chi connectivity index (χ4v) is 8.36. The third kappa shape index (κ3) is 4.44. The Balaban J connectivity index is 1.41. The first kappa shape index (κ1) is 25.2. The van der Waals surface area contributed by atoms with Gasteiger partial charge in [0.05, 0.1) is 12.3 Å². The minimum atomic E-state index is 0.147. The van der Waals surface area contributed by atoms with Crippen molar-refractivity contribution >= 4 is 11.9 Å². The Kier molecular flexibility index (Phi) is 6.37. The van der Waals surface area contributed by atoms with Crippen LogP contribution in [0.2, 0.25) is 0 Å². The predicted octanol–water partition coefficient (Wildman–Crippen LogP) is 8.91. The fraction of sp³-hybridized carbons (Fsp3) is 0.457. The van der Waals surface area contributed by atoms with Gasteiger partial charge < -0.3 is 9.84 Å². The molecule has 7 rings (SSSR count). The Hall–Kier alpha value is -3.07. The molecule has 0 amide bonds. The van der Waals surface area contributed by atoms with Gasteiger partial charge in [0, 0.05) is 28.5 Å². The van der Waals surface area contributed by atoms with Crippen molar-refractivity contribution in [2.45, 2.75) is 78.6 Å². The van der Waals surface area contributed by atoms with Crippen LogP contribution in [0, 0.1) is 45.4 Å². The Bertz CT molecular complexity index is 1380. The molecule has 0 spiro atoms. The van der Waals surface area contributed by atoms with E-state index in [1.807, 2.05) is 13.1 Å². The van der Waals surface area contributed by atoms with Crippen LogP contribution in [0.25, 0.3) is 11.1 Å². The van der Waals surface area contributed by atoms with Crippen LogP contribution in [0.3, 0.4) is 0 Å².